The van der Waals surface area contributed by atoms with Crippen LogP contribution in [0.4, 0.5) is 19.0 Å². The van der Waals surface area contributed by atoms with Crippen molar-refractivity contribution < 1.29 is 13.2 Å². The average Bonchev–Trinajstić information content (AvgIpc) is 3.41. The Morgan fingerprint density at radius 1 is 1.18 bits per heavy atom. The van der Waals surface area contributed by atoms with Gasteiger partial charge in [0.2, 0.25) is 0 Å². The highest BCUT2D eigenvalue weighted by Crippen LogP contribution is 2.36. The molecule has 1 fully saturated rings. The Morgan fingerprint density at radius 2 is 1.97 bits per heavy atom. The molecule has 1 N–H and O–H groups in total. The minimum absolute atomic E-state index is 0.278. The highest BCUT2D eigenvalue weighted by Gasteiger charge is 2.32. The van der Waals surface area contributed by atoms with Crippen LogP contribution >= 0.6 is 11.3 Å². The smallest absolute Gasteiger partial charge is 0.356 e. The third kappa shape index (κ3) is 6.03. The first-order valence-electron chi connectivity index (χ1n) is 11.7. The molecule has 1 aliphatic rings. The summed E-state index contributed by atoms with van der Waals surface area (Å²) < 4.78 is 38.6. The molecule has 1 aliphatic carbocycles. The van der Waals surface area contributed by atoms with E-state index in [0.29, 0.717) is 22.3 Å². The summed E-state index contributed by atoms with van der Waals surface area (Å²) in [5.41, 5.74) is 1.33. The largest absolute Gasteiger partial charge is 0.393 e. The molecule has 1 aromatic carbocycles. The van der Waals surface area contributed by atoms with Crippen LogP contribution in [0.25, 0.3) is 10.2 Å². The first-order valence-corrected chi connectivity index (χ1v) is 12.5. The third-order valence-corrected chi connectivity index (χ3v) is 7.55. The molecule has 1 saturated carbocycles. The van der Waals surface area contributed by atoms with Crippen molar-refractivity contribution in [1.29, 1.82) is 0 Å². The Labute approximate surface area is 197 Å². The maximum atomic E-state index is 12.9. The number of nitrogens with zero attached hydrogens (tertiary/aromatic N) is 3. The topological polar surface area (TPSA) is 41.0 Å². The zero-order chi connectivity index (χ0) is 23.4. The number of rotatable bonds is 9. The Bertz CT molecular complexity index is 1040. The molecular weight excluding hydrogens is 445 g/mol. The zero-order valence-corrected chi connectivity index (χ0v) is 19.9. The molecule has 0 amide bonds. The van der Waals surface area contributed by atoms with Crippen LogP contribution in [0.3, 0.4) is 0 Å². The first-order chi connectivity index (χ1) is 15.8. The van der Waals surface area contributed by atoms with E-state index >= 15 is 0 Å². The SMILES string of the molecule is CCCCC(N[C@H]1CC[C@@H](N(C)c2ncnc3sc(CC(F)(F)F)cc23)C1)c1ccccc1. The standard InChI is InChI=1S/C25H31F3N4S/c1-3-4-10-22(17-8-6-5-7-9-17)31-18-11-12-19(13-18)32(2)23-21-14-20(15-25(26,27)28)33-24(21)30-16-29-23/h5-9,14,16,18-19,22,31H,3-4,10-13,15H2,1-2H3/t18-,19+,22?/m0/s1. The van der Waals surface area contributed by atoms with E-state index in [1.54, 1.807) is 6.07 Å². The lowest BCUT2D eigenvalue weighted by molar-refractivity contribution is -0.126. The molecule has 4 nitrogen and oxygen atoms in total. The normalized spacial score (nSPS) is 19.8. The van der Waals surface area contributed by atoms with Gasteiger partial charge in [-0.3, -0.25) is 0 Å². The van der Waals surface area contributed by atoms with Gasteiger partial charge in [-0.2, -0.15) is 13.2 Å². The average molecular weight is 477 g/mol. The Kier molecular flexibility index (Phi) is 7.54. The summed E-state index contributed by atoms with van der Waals surface area (Å²) in [6, 6.07) is 13.3. The summed E-state index contributed by atoms with van der Waals surface area (Å²) >= 11 is 1.10. The van der Waals surface area contributed by atoms with E-state index < -0.39 is 12.6 Å². The molecule has 0 radical (unpaired) electrons. The number of benzene rings is 1. The molecule has 4 rings (SSSR count). The zero-order valence-electron chi connectivity index (χ0n) is 19.1. The molecule has 2 aromatic heterocycles. The number of hydrogen-bond donors (Lipinski definition) is 1. The van der Waals surface area contributed by atoms with E-state index in [0.717, 1.165) is 42.8 Å². The Hall–Kier alpha value is -2.19. The highest BCUT2D eigenvalue weighted by atomic mass is 32.1. The summed E-state index contributed by atoms with van der Waals surface area (Å²) in [7, 11) is 2.00. The van der Waals surface area contributed by atoms with Crippen LogP contribution in [0.1, 0.15) is 61.9 Å². The van der Waals surface area contributed by atoms with Crippen molar-refractivity contribution >= 4 is 27.4 Å². The fourth-order valence-corrected chi connectivity index (χ4v) is 5.84. The lowest BCUT2D eigenvalue weighted by atomic mass is 10.00. The number of halogens is 3. The number of alkyl halides is 3. The molecule has 178 valence electrons. The molecule has 0 bridgehead atoms. The third-order valence-electron chi connectivity index (χ3n) is 6.51. The van der Waals surface area contributed by atoms with Crippen molar-refractivity contribution in [2.45, 2.75) is 76.2 Å². The van der Waals surface area contributed by atoms with Crippen LogP contribution in [-0.4, -0.2) is 35.3 Å². The summed E-state index contributed by atoms with van der Waals surface area (Å²) in [5, 5.41) is 4.60. The van der Waals surface area contributed by atoms with Gasteiger partial charge in [0.25, 0.3) is 0 Å². The van der Waals surface area contributed by atoms with Crippen molar-refractivity contribution in [3.8, 4) is 0 Å². The van der Waals surface area contributed by atoms with Crippen LogP contribution in [0.2, 0.25) is 0 Å². The van der Waals surface area contributed by atoms with Gasteiger partial charge in [-0.05, 0) is 37.3 Å². The second kappa shape index (κ2) is 10.4. The van der Waals surface area contributed by atoms with Gasteiger partial charge in [-0.15, -0.1) is 11.3 Å². The summed E-state index contributed by atoms with van der Waals surface area (Å²) in [6.07, 6.45) is 2.85. The second-order valence-electron chi connectivity index (χ2n) is 8.97. The molecule has 0 aliphatic heterocycles. The lowest BCUT2D eigenvalue weighted by Crippen LogP contribution is -2.35. The van der Waals surface area contributed by atoms with Crippen LogP contribution in [0, 0.1) is 0 Å². The summed E-state index contributed by atoms with van der Waals surface area (Å²) in [6.45, 7) is 2.22. The van der Waals surface area contributed by atoms with E-state index in [9.17, 15) is 13.2 Å². The van der Waals surface area contributed by atoms with Crippen molar-refractivity contribution in [3.63, 3.8) is 0 Å². The van der Waals surface area contributed by atoms with Crippen LogP contribution in [0.5, 0.6) is 0 Å². The monoisotopic (exact) mass is 476 g/mol. The molecule has 8 heteroatoms. The minimum atomic E-state index is -4.22. The molecular formula is C25H31F3N4S. The van der Waals surface area contributed by atoms with E-state index in [-0.39, 0.29) is 10.9 Å². The molecule has 2 heterocycles. The number of hydrogen-bond acceptors (Lipinski definition) is 5. The van der Waals surface area contributed by atoms with Crippen LogP contribution in [0.15, 0.2) is 42.7 Å². The van der Waals surface area contributed by atoms with Gasteiger partial charge in [0, 0.05) is 30.1 Å². The second-order valence-corrected chi connectivity index (χ2v) is 10.1. The number of unbranched alkanes of at least 4 members (excludes halogenated alkanes) is 1. The fourth-order valence-electron chi connectivity index (χ4n) is 4.82. The van der Waals surface area contributed by atoms with Crippen LogP contribution < -0.4 is 10.2 Å². The van der Waals surface area contributed by atoms with E-state index in [4.69, 9.17) is 0 Å². The predicted molar refractivity (Wildman–Crippen MR) is 129 cm³/mol. The molecule has 3 aromatic rings. The van der Waals surface area contributed by atoms with Crippen molar-refractivity contribution in [3.05, 3.63) is 53.2 Å². The number of thiophene rings is 1. The van der Waals surface area contributed by atoms with Gasteiger partial charge in [-0.25, -0.2) is 9.97 Å². The molecule has 33 heavy (non-hydrogen) atoms. The molecule has 0 spiro atoms. The van der Waals surface area contributed by atoms with Crippen LogP contribution in [-0.2, 0) is 6.42 Å². The van der Waals surface area contributed by atoms with Gasteiger partial charge in [0.1, 0.15) is 17.0 Å². The fraction of sp³-hybridized carbons (Fsp3) is 0.520. The van der Waals surface area contributed by atoms with Crippen molar-refractivity contribution in [1.82, 2.24) is 15.3 Å². The molecule has 0 saturated heterocycles. The summed E-state index contributed by atoms with van der Waals surface area (Å²) in [5.74, 6) is 0.723. The maximum absolute atomic E-state index is 12.9. The maximum Gasteiger partial charge on any atom is 0.393 e. The van der Waals surface area contributed by atoms with Gasteiger partial charge in [-0.1, -0.05) is 50.1 Å². The quantitative estimate of drug-likeness (QED) is 0.374. The van der Waals surface area contributed by atoms with E-state index in [2.05, 4.69) is 51.4 Å². The van der Waals surface area contributed by atoms with Crippen molar-refractivity contribution in [2.24, 2.45) is 0 Å². The minimum Gasteiger partial charge on any atom is -0.356 e. The number of anilines is 1. The van der Waals surface area contributed by atoms with Gasteiger partial charge in [0.05, 0.1) is 11.8 Å². The lowest BCUT2D eigenvalue weighted by Gasteiger charge is -2.27. The Morgan fingerprint density at radius 3 is 2.70 bits per heavy atom. The molecule has 1 unspecified atom stereocenters. The summed E-state index contributed by atoms with van der Waals surface area (Å²) in [4.78, 5) is 11.7. The predicted octanol–water partition coefficient (Wildman–Crippen LogP) is 6.67. The van der Waals surface area contributed by atoms with Gasteiger partial charge < -0.3 is 10.2 Å². The first kappa shape index (κ1) is 24.0. The highest BCUT2D eigenvalue weighted by molar-refractivity contribution is 7.18. The van der Waals surface area contributed by atoms with Crippen molar-refractivity contribution in [2.75, 3.05) is 11.9 Å². The van der Waals surface area contributed by atoms with Gasteiger partial charge >= 0.3 is 6.18 Å². The number of fused-ring (bicyclic) bond motifs is 1. The molecule has 3 atom stereocenters. The van der Waals surface area contributed by atoms with Gasteiger partial charge in [0.15, 0.2) is 0 Å². The number of nitrogens with one attached hydrogen (secondary N) is 1. The van der Waals surface area contributed by atoms with E-state index in [1.807, 2.05) is 13.1 Å². The Balaban J connectivity index is 1.46. The van der Waals surface area contributed by atoms with E-state index in [1.165, 1.54) is 24.7 Å². The number of aromatic nitrogens is 2.